The fourth-order valence-electron chi connectivity index (χ4n) is 5.53. The van der Waals surface area contributed by atoms with E-state index in [0.29, 0.717) is 10.8 Å². The standard InChI is InChI=1S/C20H25N2O2/c1-12-18-10-15-14-4-3-9-22(24)19(23)20(12,2)16(14)7-8-17(15)21(18)11-13-5-6-13/h3-4,12-13,18H,5-11H2,1-2H3/q+1. The van der Waals surface area contributed by atoms with Gasteiger partial charge in [-0.25, -0.2) is 4.79 Å². The van der Waals surface area contributed by atoms with Crippen LogP contribution in [0.2, 0.25) is 0 Å². The van der Waals surface area contributed by atoms with Crippen molar-refractivity contribution >= 4 is 5.91 Å². The van der Waals surface area contributed by atoms with Gasteiger partial charge in [-0.15, -0.1) is 0 Å². The maximum absolute atomic E-state index is 13.1. The molecule has 1 amide bonds. The zero-order valence-electron chi connectivity index (χ0n) is 14.5. The lowest BCUT2D eigenvalue weighted by Crippen LogP contribution is -2.51. The molecule has 0 aromatic rings. The van der Waals surface area contributed by atoms with Crippen molar-refractivity contribution in [1.29, 1.82) is 0 Å². The van der Waals surface area contributed by atoms with Crippen LogP contribution in [0.25, 0.3) is 0 Å². The van der Waals surface area contributed by atoms with Gasteiger partial charge < -0.3 is 4.90 Å². The highest BCUT2D eigenvalue weighted by molar-refractivity contribution is 5.81. The molecule has 0 spiro atoms. The molecule has 3 aliphatic carbocycles. The van der Waals surface area contributed by atoms with Crippen molar-refractivity contribution in [2.75, 3.05) is 13.1 Å². The number of rotatable bonds is 2. The van der Waals surface area contributed by atoms with Crippen LogP contribution in [0.4, 0.5) is 0 Å². The minimum absolute atomic E-state index is 0.173. The van der Waals surface area contributed by atoms with E-state index in [1.165, 1.54) is 35.3 Å². The second-order valence-corrected chi connectivity index (χ2v) is 8.44. The quantitative estimate of drug-likeness (QED) is 0.731. The fraction of sp³-hybridized carbons (Fsp3) is 0.650. The molecule has 5 aliphatic rings. The molecule has 0 aromatic heterocycles. The summed E-state index contributed by atoms with van der Waals surface area (Å²) in [5.74, 6) is 0.781. The number of hydrogen-bond donors (Lipinski definition) is 0. The monoisotopic (exact) mass is 325 g/mol. The lowest BCUT2D eigenvalue weighted by molar-refractivity contribution is -0.467. The molecule has 5 bridgehead atoms. The van der Waals surface area contributed by atoms with E-state index in [1.54, 1.807) is 0 Å². The zero-order valence-corrected chi connectivity index (χ0v) is 14.5. The fourth-order valence-corrected chi connectivity index (χ4v) is 5.53. The maximum Gasteiger partial charge on any atom is 0.443 e. The van der Waals surface area contributed by atoms with Crippen LogP contribution in [0.1, 0.15) is 46.0 Å². The van der Waals surface area contributed by atoms with Crippen molar-refractivity contribution in [3.8, 4) is 0 Å². The predicted octanol–water partition coefficient (Wildman–Crippen LogP) is 3.35. The summed E-state index contributed by atoms with van der Waals surface area (Å²) in [7, 11) is 0. The van der Waals surface area contributed by atoms with E-state index in [1.807, 2.05) is 13.0 Å². The van der Waals surface area contributed by atoms with E-state index >= 15 is 0 Å². The molecule has 0 radical (unpaired) electrons. The summed E-state index contributed by atoms with van der Waals surface area (Å²) in [6.07, 6.45) is 9.72. The number of fused-ring (bicyclic) bond motifs is 1. The molecule has 1 saturated carbocycles. The predicted molar refractivity (Wildman–Crippen MR) is 91.0 cm³/mol. The van der Waals surface area contributed by atoms with Gasteiger partial charge in [0.05, 0.1) is 4.76 Å². The Hall–Kier alpha value is -1.71. The molecule has 4 heteroatoms. The SMILES string of the molecule is CC1C2CC3=C(CCC4=C3C=CC[N+](=O)C(=O)C41C)N2CC1CC1. The maximum atomic E-state index is 13.1. The summed E-state index contributed by atoms with van der Waals surface area (Å²) >= 11 is 0. The van der Waals surface area contributed by atoms with Gasteiger partial charge in [0.15, 0.2) is 0 Å². The highest BCUT2D eigenvalue weighted by Crippen LogP contribution is 2.57. The summed E-state index contributed by atoms with van der Waals surface area (Å²) in [4.78, 5) is 28.1. The normalized spacial score (nSPS) is 38.0. The van der Waals surface area contributed by atoms with E-state index < -0.39 is 5.41 Å². The minimum atomic E-state index is -0.651. The number of hydrogen-bond acceptors (Lipinski definition) is 3. The van der Waals surface area contributed by atoms with Crippen molar-refractivity contribution in [2.45, 2.75) is 52.0 Å². The number of nitrogens with zero attached hydrogens (tertiary/aromatic N) is 2. The van der Waals surface area contributed by atoms with Crippen molar-refractivity contribution in [2.24, 2.45) is 17.3 Å². The Morgan fingerprint density at radius 2 is 2.12 bits per heavy atom. The lowest BCUT2D eigenvalue weighted by atomic mass is 9.65. The minimum Gasteiger partial charge on any atom is -0.371 e. The molecule has 0 N–H and O–H groups in total. The second kappa shape index (κ2) is 4.68. The summed E-state index contributed by atoms with van der Waals surface area (Å²) in [5.41, 5.74) is 4.87. The third-order valence-electron chi connectivity index (χ3n) is 7.26. The molecule has 2 aliphatic heterocycles. The second-order valence-electron chi connectivity index (χ2n) is 8.44. The van der Waals surface area contributed by atoms with Crippen molar-refractivity contribution in [1.82, 2.24) is 4.90 Å². The van der Waals surface area contributed by atoms with E-state index in [-0.39, 0.29) is 18.4 Å². The van der Waals surface area contributed by atoms with E-state index in [9.17, 15) is 9.70 Å². The van der Waals surface area contributed by atoms with Crippen LogP contribution in [0.15, 0.2) is 34.6 Å². The molecular formula is C20H25N2O2+. The molecule has 4 nitrogen and oxygen atoms in total. The first-order chi connectivity index (χ1) is 11.5. The molecule has 5 rings (SSSR count). The molecule has 0 saturated heterocycles. The number of carbonyl (C=O) groups excluding carboxylic acids is 1. The van der Waals surface area contributed by atoms with Crippen LogP contribution in [0, 0.1) is 22.2 Å². The average Bonchev–Trinajstić information content (AvgIpc) is 3.32. The molecule has 126 valence electrons. The van der Waals surface area contributed by atoms with Crippen molar-refractivity contribution in [3.05, 3.63) is 39.5 Å². The van der Waals surface area contributed by atoms with Crippen LogP contribution in [0.5, 0.6) is 0 Å². The van der Waals surface area contributed by atoms with Gasteiger partial charge in [0.25, 0.3) is 0 Å². The number of carbonyl (C=O) groups is 1. The molecule has 2 heterocycles. The zero-order chi connectivity index (χ0) is 16.6. The van der Waals surface area contributed by atoms with E-state index in [2.05, 4.69) is 17.9 Å². The first-order valence-corrected chi connectivity index (χ1v) is 9.40. The third kappa shape index (κ3) is 1.72. The number of amides is 1. The first kappa shape index (κ1) is 14.6. The van der Waals surface area contributed by atoms with E-state index in [4.69, 9.17) is 0 Å². The van der Waals surface area contributed by atoms with Gasteiger partial charge in [0.1, 0.15) is 5.41 Å². The van der Waals surface area contributed by atoms with Gasteiger partial charge in [-0.2, -0.15) is 0 Å². The van der Waals surface area contributed by atoms with Gasteiger partial charge in [-0.1, -0.05) is 13.0 Å². The number of allylic oxidation sites excluding steroid dienone is 3. The Balaban J connectivity index is 1.73. The molecule has 3 unspecified atom stereocenters. The molecular weight excluding hydrogens is 300 g/mol. The van der Waals surface area contributed by atoms with Crippen LogP contribution in [-0.4, -0.2) is 34.7 Å². The number of likely N-dealkylation sites (tertiary alicyclic amines) is 1. The van der Waals surface area contributed by atoms with Crippen LogP contribution in [0.3, 0.4) is 0 Å². The van der Waals surface area contributed by atoms with Crippen LogP contribution >= 0.6 is 0 Å². The van der Waals surface area contributed by atoms with Gasteiger partial charge in [0.2, 0.25) is 6.54 Å². The van der Waals surface area contributed by atoms with Gasteiger partial charge in [-0.05, 0) is 73.7 Å². The van der Waals surface area contributed by atoms with Crippen LogP contribution < -0.4 is 0 Å². The molecule has 0 aromatic carbocycles. The topological polar surface area (TPSA) is 40.4 Å². The highest BCUT2D eigenvalue weighted by Gasteiger charge is 2.59. The van der Waals surface area contributed by atoms with Gasteiger partial charge in [-0.3, -0.25) is 0 Å². The molecule has 24 heavy (non-hydrogen) atoms. The Kier molecular flexibility index (Phi) is 2.85. The number of nitroso groups, excluding NO2 is 1. The summed E-state index contributed by atoms with van der Waals surface area (Å²) in [6.45, 7) is 5.57. The average molecular weight is 325 g/mol. The summed E-state index contributed by atoms with van der Waals surface area (Å²) in [6, 6.07) is 0.372. The summed E-state index contributed by atoms with van der Waals surface area (Å²) in [5, 5.41) is 0. The van der Waals surface area contributed by atoms with Gasteiger partial charge >= 0.3 is 5.91 Å². The molecule has 1 fully saturated rings. The largest absolute Gasteiger partial charge is 0.443 e. The summed E-state index contributed by atoms with van der Waals surface area (Å²) < 4.78 is 0.685. The Labute approximate surface area is 142 Å². The van der Waals surface area contributed by atoms with Crippen molar-refractivity contribution in [3.63, 3.8) is 0 Å². The lowest BCUT2D eigenvalue weighted by Gasteiger charge is -2.44. The Morgan fingerprint density at radius 1 is 1.33 bits per heavy atom. The van der Waals surface area contributed by atoms with Gasteiger partial charge in [0, 0.05) is 23.2 Å². The van der Waals surface area contributed by atoms with E-state index in [0.717, 1.165) is 31.7 Å². The third-order valence-corrected chi connectivity index (χ3v) is 7.26. The molecule has 3 atom stereocenters. The highest BCUT2D eigenvalue weighted by atomic mass is 16.3. The Bertz CT molecular complexity index is 756. The van der Waals surface area contributed by atoms with Crippen LogP contribution in [-0.2, 0) is 4.79 Å². The van der Waals surface area contributed by atoms with Crippen molar-refractivity contribution < 1.29 is 9.55 Å². The smallest absolute Gasteiger partial charge is 0.371 e. The first-order valence-electron chi connectivity index (χ1n) is 9.40. The Morgan fingerprint density at radius 3 is 2.88 bits per heavy atom.